The van der Waals surface area contributed by atoms with Crippen LogP contribution in [0.15, 0.2) is 37.1 Å². The van der Waals surface area contributed by atoms with Crippen LogP contribution in [0.3, 0.4) is 0 Å². The number of nitrogens with two attached hydrogens (primary N) is 1. The van der Waals surface area contributed by atoms with Crippen molar-refractivity contribution in [3.8, 4) is 0 Å². The highest BCUT2D eigenvalue weighted by Gasteiger charge is 2.39. The summed E-state index contributed by atoms with van der Waals surface area (Å²) in [4.78, 5) is 5.93. The van der Waals surface area contributed by atoms with Gasteiger partial charge in [-0.1, -0.05) is 18.2 Å². The number of benzene rings is 1. The van der Waals surface area contributed by atoms with E-state index in [4.69, 9.17) is 5.73 Å². The molecule has 104 valence electrons. The van der Waals surface area contributed by atoms with Crippen LogP contribution in [0.2, 0.25) is 0 Å². The lowest BCUT2D eigenvalue weighted by molar-refractivity contribution is 0.124. The molecule has 1 unspecified atom stereocenters. The van der Waals surface area contributed by atoms with Gasteiger partial charge < -0.3 is 10.7 Å². The summed E-state index contributed by atoms with van der Waals surface area (Å²) in [6.45, 7) is 5.83. The number of hydrogen-bond acceptors (Lipinski definition) is 2. The number of piperidine rings is 1. The Morgan fingerprint density at radius 2 is 2.35 bits per heavy atom. The fraction of sp³-hybridized carbons (Fsp3) is 0.412. The lowest BCUT2D eigenvalue weighted by Crippen LogP contribution is -2.54. The number of nitrogens with one attached hydrogen (secondary N) is 1. The first-order chi connectivity index (χ1) is 9.78. The van der Waals surface area contributed by atoms with Crippen LogP contribution in [-0.2, 0) is 6.42 Å². The average Bonchev–Trinajstić information content (AvgIpc) is 2.85. The maximum Gasteiger partial charge on any atom is 0.0459 e. The van der Waals surface area contributed by atoms with Gasteiger partial charge in [0.15, 0.2) is 0 Å². The number of likely N-dealkylation sites (tertiary alicyclic amines) is 1. The normalized spacial score (nSPS) is 29.4. The Balaban J connectivity index is 1.84. The number of fused-ring (bicyclic) bond motifs is 2. The van der Waals surface area contributed by atoms with Crippen molar-refractivity contribution < 1.29 is 0 Å². The standard InChI is InChI=1S/C17H21N3/c1-2-6-20-10-12(18)8-14-13-4-3-5-15-17(13)11(9-19-15)7-16(14)20/h2-5,9,12,14,16,19H,1,6-8,10,18H2/t12-,14?,16+/m0/s1. The second-order valence-corrected chi connectivity index (χ2v) is 6.20. The Hall–Kier alpha value is -1.58. The summed E-state index contributed by atoms with van der Waals surface area (Å²) in [5, 5.41) is 1.45. The lowest BCUT2D eigenvalue weighted by Gasteiger charge is -2.46. The number of nitrogens with zero attached hydrogens (tertiary/aromatic N) is 1. The second-order valence-electron chi connectivity index (χ2n) is 6.20. The summed E-state index contributed by atoms with van der Waals surface area (Å²) in [5.74, 6) is 0.561. The molecule has 3 N–H and O–H groups in total. The summed E-state index contributed by atoms with van der Waals surface area (Å²) in [7, 11) is 0. The Labute approximate surface area is 119 Å². The van der Waals surface area contributed by atoms with Gasteiger partial charge in [-0.3, -0.25) is 4.90 Å². The van der Waals surface area contributed by atoms with E-state index in [1.807, 2.05) is 6.08 Å². The molecular weight excluding hydrogens is 246 g/mol. The third kappa shape index (κ3) is 1.67. The van der Waals surface area contributed by atoms with Crippen molar-refractivity contribution in [2.45, 2.75) is 30.8 Å². The fourth-order valence-electron chi connectivity index (χ4n) is 4.21. The third-order valence-electron chi connectivity index (χ3n) is 4.97. The van der Waals surface area contributed by atoms with Gasteiger partial charge in [0, 0.05) is 48.2 Å². The van der Waals surface area contributed by atoms with Crippen molar-refractivity contribution in [2.24, 2.45) is 5.73 Å². The van der Waals surface area contributed by atoms with Crippen LogP contribution in [0, 0.1) is 0 Å². The van der Waals surface area contributed by atoms with Crippen LogP contribution in [0.4, 0.5) is 0 Å². The van der Waals surface area contributed by atoms with Crippen molar-refractivity contribution >= 4 is 10.9 Å². The van der Waals surface area contributed by atoms with Crippen LogP contribution in [0.1, 0.15) is 23.5 Å². The van der Waals surface area contributed by atoms with Crippen molar-refractivity contribution in [2.75, 3.05) is 13.1 Å². The van der Waals surface area contributed by atoms with E-state index in [0.29, 0.717) is 12.0 Å². The molecule has 0 bridgehead atoms. The van der Waals surface area contributed by atoms with E-state index in [2.05, 4.69) is 40.9 Å². The molecule has 2 heterocycles. The molecule has 1 aliphatic heterocycles. The molecule has 2 aromatic rings. The first kappa shape index (κ1) is 12.2. The molecule has 1 saturated heterocycles. The van der Waals surface area contributed by atoms with E-state index in [1.54, 1.807) is 0 Å². The zero-order chi connectivity index (χ0) is 13.7. The van der Waals surface area contributed by atoms with Crippen LogP contribution in [-0.4, -0.2) is 35.1 Å². The Morgan fingerprint density at radius 1 is 1.45 bits per heavy atom. The Bertz CT molecular complexity index is 657. The smallest absolute Gasteiger partial charge is 0.0459 e. The molecule has 1 aliphatic carbocycles. The fourth-order valence-corrected chi connectivity index (χ4v) is 4.21. The molecule has 0 amide bonds. The predicted molar refractivity (Wildman–Crippen MR) is 82.9 cm³/mol. The number of aromatic nitrogens is 1. The maximum atomic E-state index is 6.30. The summed E-state index contributed by atoms with van der Waals surface area (Å²) in [5.41, 5.74) is 10.5. The summed E-state index contributed by atoms with van der Waals surface area (Å²) in [6.07, 6.45) is 6.41. The van der Waals surface area contributed by atoms with Gasteiger partial charge >= 0.3 is 0 Å². The molecule has 3 heteroatoms. The summed E-state index contributed by atoms with van der Waals surface area (Å²) in [6, 6.07) is 7.47. The van der Waals surface area contributed by atoms with E-state index < -0.39 is 0 Å². The minimum Gasteiger partial charge on any atom is -0.361 e. The van der Waals surface area contributed by atoms with Crippen LogP contribution >= 0.6 is 0 Å². The topological polar surface area (TPSA) is 45.0 Å². The molecule has 1 aromatic heterocycles. The molecule has 1 aromatic carbocycles. The molecule has 4 rings (SSSR count). The van der Waals surface area contributed by atoms with Crippen molar-refractivity contribution in [3.63, 3.8) is 0 Å². The molecular formula is C17H21N3. The quantitative estimate of drug-likeness (QED) is 0.821. The summed E-state index contributed by atoms with van der Waals surface area (Å²) >= 11 is 0. The maximum absolute atomic E-state index is 6.30. The second kappa shape index (κ2) is 4.47. The Kier molecular flexibility index (Phi) is 2.72. The molecule has 1 fully saturated rings. The SMILES string of the molecule is C=CCN1C[C@@H](N)CC2c3cccc4[nH]cc(c34)C[C@H]21. The van der Waals surface area contributed by atoms with E-state index in [1.165, 1.54) is 22.0 Å². The van der Waals surface area contributed by atoms with Gasteiger partial charge in [0.1, 0.15) is 0 Å². The van der Waals surface area contributed by atoms with E-state index >= 15 is 0 Å². The monoisotopic (exact) mass is 267 g/mol. The van der Waals surface area contributed by atoms with Gasteiger partial charge in [0.25, 0.3) is 0 Å². The van der Waals surface area contributed by atoms with Crippen molar-refractivity contribution in [1.29, 1.82) is 0 Å². The van der Waals surface area contributed by atoms with E-state index in [-0.39, 0.29) is 6.04 Å². The largest absolute Gasteiger partial charge is 0.361 e. The Morgan fingerprint density at radius 3 is 3.20 bits per heavy atom. The van der Waals surface area contributed by atoms with E-state index in [9.17, 15) is 0 Å². The number of aromatic amines is 1. The van der Waals surface area contributed by atoms with Gasteiger partial charge in [-0.05, 0) is 30.0 Å². The van der Waals surface area contributed by atoms with Gasteiger partial charge in [0.05, 0.1) is 0 Å². The van der Waals surface area contributed by atoms with Crippen molar-refractivity contribution in [3.05, 3.63) is 48.2 Å². The van der Waals surface area contributed by atoms with Gasteiger partial charge in [-0.2, -0.15) is 0 Å². The predicted octanol–water partition coefficient (Wildman–Crippen LogP) is 2.40. The molecule has 0 spiro atoms. The van der Waals surface area contributed by atoms with Crippen LogP contribution < -0.4 is 5.73 Å². The molecule has 0 radical (unpaired) electrons. The summed E-state index contributed by atoms with van der Waals surface area (Å²) < 4.78 is 0. The molecule has 0 saturated carbocycles. The lowest BCUT2D eigenvalue weighted by atomic mass is 9.74. The number of rotatable bonds is 2. The minimum atomic E-state index is 0.270. The molecule has 2 aliphatic rings. The van der Waals surface area contributed by atoms with Crippen molar-refractivity contribution in [1.82, 2.24) is 9.88 Å². The highest BCUT2D eigenvalue weighted by Crippen LogP contribution is 2.42. The number of hydrogen-bond donors (Lipinski definition) is 2. The van der Waals surface area contributed by atoms with Gasteiger partial charge in [-0.25, -0.2) is 0 Å². The minimum absolute atomic E-state index is 0.270. The third-order valence-corrected chi connectivity index (χ3v) is 4.97. The van der Waals surface area contributed by atoms with Crippen LogP contribution in [0.5, 0.6) is 0 Å². The highest BCUT2D eigenvalue weighted by molar-refractivity contribution is 5.88. The first-order valence-corrected chi connectivity index (χ1v) is 7.47. The zero-order valence-corrected chi connectivity index (χ0v) is 11.7. The molecule has 20 heavy (non-hydrogen) atoms. The van der Waals surface area contributed by atoms with Crippen LogP contribution in [0.25, 0.3) is 10.9 Å². The van der Waals surface area contributed by atoms with E-state index in [0.717, 1.165) is 25.9 Å². The zero-order valence-electron chi connectivity index (χ0n) is 11.7. The number of H-pyrrole nitrogens is 1. The van der Waals surface area contributed by atoms with Gasteiger partial charge in [0.2, 0.25) is 0 Å². The highest BCUT2D eigenvalue weighted by atomic mass is 15.2. The molecule has 3 nitrogen and oxygen atoms in total. The first-order valence-electron chi connectivity index (χ1n) is 7.47. The molecule has 3 atom stereocenters. The average molecular weight is 267 g/mol. The van der Waals surface area contributed by atoms with Gasteiger partial charge in [-0.15, -0.1) is 6.58 Å².